The quantitative estimate of drug-likeness (QED) is 0.320. The Kier molecular flexibility index (Phi) is 8.89. The zero-order valence-corrected chi connectivity index (χ0v) is 22.9. The molecule has 0 spiro atoms. The summed E-state index contributed by atoms with van der Waals surface area (Å²) in [6, 6.07) is 6.54. The van der Waals surface area contributed by atoms with E-state index in [2.05, 4.69) is 51.6 Å². The molecular weight excluding hydrogens is 639 g/mol. The summed E-state index contributed by atoms with van der Waals surface area (Å²) in [5.74, 6) is -0.346. The van der Waals surface area contributed by atoms with Crippen LogP contribution in [0.15, 0.2) is 49.8 Å². The zero-order valence-electron chi connectivity index (χ0n) is 18.2. The van der Waals surface area contributed by atoms with E-state index in [-0.39, 0.29) is 22.1 Å². The summed E-state index contributed by atoms with van der Waals surface area (Å²) in [5.41, 5.74) is -1.67. The summed E-state index contributed by atoms with van der Waals surface area (Å²) in [4.78, 5) is 30.1. The number of rotatable bonds is 6. The van der Waals surface area contributed by atoms with Gasteiger partial charge in [-0.1, -0.05) is 52.1 Å². The molecule has 0 bridgehead atoms. The number of carbonyl (C=O) groups is 2. The zero-order chi connectivity index (χ0) is 25.9. The number of nitrogens with one attached hydrogen (secondary N) is 1. The first-order valence-electron chi connectivity index (χ1n) is 9.98. The highest BCUT2D eigenvalue weighted by molar-refractivity contribution is 9.11. The molecule has 0 saturated heterocycles. The molecule has 0 aliphatic rings. The Morgan fingerprint density at radius 3 is 2.49 bits per heavy atom. The molecule has 1 N–H and O–H groups in total. The van der Waals surface area contributed by atoms with Gasteiger partial charge in [-0.2, -0.15) is 22.6 Å². The third-order valence-electron chi connectivity index (χ3n) is 4.57. The maximum Gasteiger partial charge on any atom is 0.435 e. The Bertz CT molecular complexity index is 1320. The third kappa shape index (κ3) is 6.38. The van der Waals surface area contributed by atoms with Gasteiger partial charge < -0.3 is 5.32 Å². The normalized spacial score (nSPS) is 11.6. The van der Waals surface area contributed by atoms with E-state index in [1.54, 1.807) is 6.07 Å². The lowest BCUT2D eigenvalue weighted by Crippen LogP contribution is -2.19. The van der Waals surface area contributed by atoms with Crippen molar-refractivity contribution in [2.24, 2.45) is 4.36 Å². The first kappa shape index (κ1) is 27.5. The van der Waals surface area contributed by atoms with Gasteiger partial charge in [-0.25, -0.2) is 9.67 Å². The van der Waals surface area contributed by atoms with Crippen molar-refractivity contribution in [2.45, 2.75) is 20.0 Å². The number of benzene rings is 1. The molecule has 3 rings (SSSR count). The van der Waals surface area contributed by atoms with E-state index in [0.29, 0.717) is 31.2 Å². The van der Waals surface area contributed by atoms with E-state index < -0.39 is 40.1 Å². The molecule has 0 unspecified atom stereocenters. The van der Waals surface area contributed by atoms with Crippen LogP contribution in [0.2, 0.25) is 5.02 Å². The largest absolute Gasteiger partial charge is 0.435 e. The van der Waals surface area contributed by atoms with Crippen LogP contribution in [0, 0.1) is 0 Å². The van der Waals surface area contributed by atoms with Crippen LogP contribution in [-0.4, -0.2) is 38.1 Å². The number of carbonyl (C=O) groups excluding carboxylic acids is 2. The lowest BCUT2D eigenvalue weighted by atomic mass is 10.1. The molecule has 2 amide bonds. The molecule has 0 radical (unpaired) electrons. The summed E-state index contributed by atoms with van der Waals surface area (Å²) in [5, 5.41) is 6.02. The monoisotopic (exact) mass is 653 g/mol. The minimum absolute atomic E-state index is 0.0102. The number of halogens is 6. The van der Waals surface area contributed by atoms with Crippen molar-refractivity contribution in [2.75, 3.05) is 16.8 Å². The first-order chi connectivity index (χ1) is 16.5. The molecule has 2 aromatic heterocycles. The predicted molar refractivity (Wildman–Crippen MR) is 136 cm³/mol. The molecule has 1 aromatic carbocycles. The summed E-state index contributed by atoms with van der Waals surface area (Å²) in [6.45, 7) is 3.82. The maximum absolute atomic E-state index is 13.4. The Balaban J connectivity index is 2.11. The molecule has 0 atom stereocenters. The number of aromatic nitrogens is 3. The Morgan fingerprint density at radius 1 is 1.20 bits per heavy atom. The van der Waals surface area contributed by atoms with Crippen molar-refractivity contribution >= 4 is 71.7 Å². The Morgan fingerprint density at radius 2 is 1.89 bits per heavy atom. The molecule has 35 heavy (non-hydrogen) atoms. The SMILES string of the molecule is CCS(CC)=NC(=O)c1cc(Br)cc(Br)c1NC(=O)c1cc(C(F)(F)F)nn1-c1ncccc1Cl. The highest BCUT2D eigenvalue weighted by Crippen LogP contribution is 2.34. The maximum atomic E-state index is 13.4. The van der Waals surface area contributed by atoms with Crippen LogP contribution < -0.4 is 5.32 Å². The van der Waals surface area contributed by atoms with Crippen molar-refractivity contribution in [1.82, 2.24) is 14.8 Å². The average molecular weight is 656 g/mol. The standard InChI is InChI=1S/C21H17Br2ClF3N5O2S/c1-3-35(4-2)31-19(33)12-8-11(22)9-13(23)17(12)29-20(34)15-10-16(21(25,26)27)30-32(15)18-14(24)6-5-7-28-18/h5-10H,3-4H2,1-2H3,(H,29,34). The highest BCUT2D eigenvalue weighted by Gasteiger charge is 2.37. The van der Waals surface area contributed by atoms with Crippen LogP contribution in [0.5, 0.6) is 0 Å². The first-order valence-corrected chi connectivity index (χ1v) is 13.5. The van der Waals surface area contributed by atoms with Gasteiger partial charge in [0.15, 0.2) is 11.5 Å². The van der Waals surface area contributed by atoms with Crippen molar-refractivity contribution in [3.63, 3.8) is 0 Å². The summed E-state index contributed by atoms with van der Waals surface area (Å²) >= 11 is 12.7. The molecule has 0 aliphatic heterocycles. The number of hydrogen-bond donors (Lipinski definition) is 1. The predicted octanol–water partition coefficient (Wildman–Crippen LogP) is 6.70. The van der Waals surface area contributed by atoms with Gasteiger partial charge >= 0.3 is 6.18 Å². The van der Waals surface area contributed by atoms with E-state index in [4.69, 9.17) is 11.6 Å². The van der Waals surface area contributed by atoms with Crippen LogP contribution in [0.3, 0.4) is 0 Å². The third-order valence-corrected chi connectivity index (χ3v) is 7.71. The Labute approximate surface area is 222 Å². The van der Waals surface area contributed by atoms with Gasteiger partial charge in [0.2, 0.25) is 0 Å². The van der Waals surface area contributed by atoms with E-state index in [9.17, 15) is 22.8 Å². The molecule has 7 nitrogen and oxygen atoms in total. The molecule has 186 valence electrons. The number of nitrogens with zero attached hydrogens (tertiary/aromatic N) is 4. The minimum Gasteiger partial charge on any atom is -0.319 e. The van der Waals surface area contributed by atoms with Crippen LogP contribution in [0.25, 0.3) is 5.82 Å². The fourth-order valence-corrected chi connectivity index (χ4v) is 5.45. The molecule has 0 saturated carbocycles. The molecule has 0 aliphatic carbocycles. The van der Waals surface area contributed by atoms with E-state index in [0.717, 1.165) is 0 Å². The topological polar surface area (TPSA) is 89.2 Å². The fourth-order valence-electron chi connectivity index (χ4n) is 2.92. The van der Waals surface area contributed by atoms with Crippen molar-refractivity contribution in [3.8, 4) is 5.82 Å². The van der Waals surface area contributed by atoms with Gasteiger partial charge in [0.1, 0.15) is 5.69 Å². The lowest BCUT2D eigenvalue weighted by Gasteiger charge is -2.13. The minimum atomic E-state index is -4.82. The van der Waals surface area contributed by atoms with Crippen molar-refractivity contribution < 1.29 is 22.8 Å². The molecule has 3 aromatic rings. The second kappa shape index (κ2) is 11.3. The van der Waals surface area contributed by atoms with Gasteiger partial charge in [0.05, 0.1) is 16.3 Å². The number of amides is 2. The van der Waals surface area contributed by atoms with E-state index in [1.807, 2.05) is 13.8 Å². The fraction of sp³-hybridized carbons (Fsp3) is 0.238. The van der Waals surface area contributed by atoms with E-state index >= 15 is 0 Å². The molecular formula is C21H17Br2ClF3N5O2S. The summed E-state index contributed by atoms with van der Waals surface area (Å²) in [6.07, 6.45) is -3.52. The average Bonchev–Trinajstić information content (AvgIpc) is 3.25. The van der Waals surface area contributed by atoms with Gasteiger partial charge in [-0.05, 0) is 40.2 Å². The van der Waals surface area contributed by atoms with Crippen molar-refractivity contribution in [3.05, 3.63) is 67.4 Å². The van der Waals surface area contributed by atoms with Gasteiger partial charge in [0.25, 0.3) is 11.8 Å². The molecule has 0 fully saturated rings. The number of pyridine rings is 1. The highest BCUT2D eigenvalue weighted by atomic mass is 79.9. The number of anilines is 1. The summed E-state index contributed by atoms with van der Waals surface area (Å²) in [7, 11) is -0.507. The van der Waals surface area contributed by atoms with Crippen molar-refractivity contribution in [1.29, 1.82) is 0 Å². The second-order valence-electron chi connectivity index (χ2n) is 6.83. The van der Waals surface area contributed by atoms with Crippen LogP contribution in [0.1, 0.15) is 40.4 Å². The van der Waals surface area contributed by atoms with Gasteiger partial charge in [-0.3, -0.25) is 9.59 Å². The van der Waals surface area contributed by atoms with Crippen LogP contribution >= 0.6 is 43.5 Å². The second-order valence-corrected chi connectivity index (χ2v) is 11.3. The Hall–Kier alpha value is -2.09. The van der Waals surface area contributed by atoms with Crippen LogP contribution in [-0.2, 0) is 16.9 Å². The van der Waals surface area contributed by atoms with Gasteiger partial charge in [-0.15, -0.1) is 0 Å². The molecule has 2 heterocycles. The lowest BCUT2D eigenvalue weighted by molar-refractivity contribution is -0.141. The number of hydrogen-bond acceptors (Lipinski definition) is 4. The smallest absolute Gasteiger partial charge is 0.319 e. The number of alkyl halides is 3. The van der Waals surface area contributed by atoms with Gasteiger partial charge in [0, 0.05) is 32.7 Å². The van der Waals surface area contributed by atoms with Crippen LogP contribution in [0.4, 0.5) is 18.9 Å². The molecule has 14 heteroatoms. The summed E-state index contributed by atoms with van der Waals surface area (Å²) < 4.78 is 46.1. The van der Waals surface area contributed by atoms with E-state index in [1.165, 1.54) is 24.4 Å².